The van der Waals surface area contributed by atoms with Gasteiger partial charge in [0, 0.05) is 19.1 Å². The third-order valence-corrected chi connectivity index (χ3v) is 3.81. The second-order valence-corrected chi connectivity index (χ2v) is 5.29. The van der Waals surface area contributed by atoms with E-state index in [1.54, 1.807) is 0 Å². The molecule has 0 aliphatic rings. The molecule has 7 heteroatoms. The van der Waals surface area contributed by atoms with Gasteiger partial charge in [-0.1, -0.05) is 24.6 Å². The SMILES string of the molecule is CCC(C)N(C)CCNC(=O)c1cccc(Cl)c1[N+](=O)[O-]. The highest BCUT2D eigenvalue weighted by Gasteiger charge is 2.23. The Labute approximate surface area is 129 Å². The van der Waals surface area contributed by atoms with Crippen LogP contribution in [-0.2, 0) is 0 Å². The summed E-state index contributed by atoms with van der Waals surface area (Å²) < 4.78 is 0. The predicted molar refractivity (Wildman–Crippen MR) is 82.8 cm³/mol. The van der Waals surface area contributed by atoms with E-state index in [1.165, 1.54) is 18.2 Å². The number of carbonyl (C=O) groups excluding carboxylic acids is 1. The highest BCUT2D eigenvalue weighted by Crippen LogP contribution is 2.27. The lowest BCUT2D eigenvalue weighted by molar-refractivity contribution is -0.385. The van der Waals surface area contributed by atoms with Crippen molar-refractivity contribution in [3.8, 4) is 0 Å². The van der Waals surface area contributed by atoms with Gasteiger partial charge in [-0.3, -0.25) is 14.9 Å². The lowest BCUT2D eigenvalue weighted by Crippen LogP contribution is -2.37. The van der Waals surface area contributed by atoms with Crippen molar-refractivity contribution in [3.05, 3.63) is 38.9 Å². The number of benzene rings is 1. The van der Waals surface area contributed by atoms with Crippen LogP contribution in [0.3, 0.4) is 0 Å². The van der Waals surface area contributed by atoms with Gasteiger partial charge in [-0.2, -0.15) is 0 Å². The van der Waals surface area contributed by atoms with Crippen molar-refractivity contribution >= 4 is 23.2 Å². The summed E-state index contributed by atoms with van der Waals surface area (Å²) in [5, 5.41) is 13.6. The number of rotatable bonds is 7. The molecule has 0 saturated carbocycles. The molecule has 1 rings (SSSR count). The average molecular weight is 314 g/mol. The molecule has 1 aromatic rings. The first-order valence-electron chi connectivity index (χ1n) is 6.79. The van der Waals surface area contributed by atoms with E-state index in [0.29, 0.717) is 19.1 Å². The van der Waals surface area contributed by atoms with Gasteiger partial charge in [0.1, 0.15) is 10.6 Å². The molecule has 0 aliphatic carbocycles. The average Bonchev–Trinajstić information content (AvgIpc) is 2.45. The van der Waals surface area contributed by atoms with Crippen LogP contribution in [0.5, 0.6) is 0 Å². The summed E-state index contributed by atoms with van der Waals surface area (Å²) in [4.78, 5) is 24.5. The van der Waals surface area contributed by atoms with Crippen molar-refractivity contribution in [1.29, 1.82) is 0 Å². The molecule has 0 aromatic heterocycles. The minimum Gasteiger partial charge on any atom is -0.351 e. The standard InChI is InChI=1S/C14H20ClN3O3/c1-4-10(2)17(3)9-8-16-14(19)11-6-5-7-12(15)13(11)18(20)21/h5-7,10H,4,8-9H2,1-3H3,(H,16,19). The number of nitrogens with zero attached hydrogens (tertiary/aromatic N) is 2. The minimum absolute atomic E-state index is 0.0151. The third kappa shape index (κ3) is 4.68. The number of amides is 1. The number of para-hydroxylation sites is 1. The fourth-order valence-corrected chi connectivity index (χ4v) is 2.10. The Balaban J connectivity index is 2.69. The number of carbonyl (C=O) groups is 1. The summed E-state index contributed by atoms with van der Waals surface area (Å²) in [5.74, 6) is -0.484. The van der Waals surface area contributed by atoms with Gasteiger partial charge in [0.2, 0.25) is 0 Å². The molecule has 0 fully saturated rings. The van der Waals surface area contributed by atoms with Crippen molar-refractivity contribution in [1.82, 2.24) is 10.2 Å². The van der Waals surface area contributed by atoms with Crippen molar-refractivity contribution in [3.63, 3.8) is 0 Å². The number of nitro benzene ring substituents is 1. The van der Waals surface area contributed by atoms with E-state index in [-0.39, 0.29) is 16.3 Å². The van der Waals surface area contributed by atoms with Crippen LogP contribution in [0.25, 0.3) is 0 Å². The molecule has 0 heterocycles. The lowest BCUT2D eigenvalue weighted by Gasteiger charge is -2.23. The number of hydrogen-bond acceptors (Lipinski definition) is 4. The fraction of sp³-hybridized carbons (Fsp3) is 0.500. The van der Waals surface area contributed by atoms with Crippen LogP contribution in [0, 0.1) is 10.1 Å². The van der Waals surface area contributed by atoms with Crippen LogP contribution < -0.4 is 5.32 Å². The Morgan fingerprint density at radius 3 is 2.76 bits per heavy atom. The molecule has 0 spiro atoms. The van der Waals surface area contributed by atoms with E-state index >= 15 is 0 Å². The zero-order valence-electron chi connectivity index (χ0n) is 12.4. The van der Waals surface area contributed by atoms with Crippen LogP contribution >= 0.6 is 11.6 Å². The molecule has 0 radical (unpaired) electrons. The minimum atomic E-state index is -0.636. The van der Waals surface area contributed by atoms with Gasteiger partial charge in [0.25, 0.3) is 5.91 Å². The van der Waals surface area contributed by atoms with Gasteiger partial charge in [0.05, 0.1) is 4.92 Å². The summed E-state index contributed by atoms with van der Waals surface area (Å²) >= 11 is 5.78. The van der Waals surface area contributed by atoms with Gasteiger partial charge in [-0.25, -0.2) is 0 Å². The molecule has 21 heavy (non-hydrogen) atoms. The third-order valence-electron chi connectivity index (χ3n) is 3.51. The molecule has 0 bridgehead atoms. The van der Waals surface area contributed by atoms with Crippen LogP contribution in [-0.4, -0.2) is 41.9 Å². The smallest absolute Gasteiger partial charge is 0.300 e. The van der Waals surface area contributed by atoms with Crippen molar-refractivity contribution in [2.45, 2.75) is 26.3 Å². The molecular formula is C14H20ClN3O3. The second kappa shape index (κ2) is 7.95. The van der Waals surface area contributed by atoms with Crippen LogP contribution in [0.15, 0.2) is 18.2 Å². The van der Waals surface area contributed by atoms with Gasteiger partial charge < -0.3 is 10.2 Å². The molecule has 0 aliphatic heterocycles. The van der Waals surface area contributed by atoms with E-state index in [4.69, 9.17) is 11.6 Å². The zero-order valence-corrected chi connectivity index (χ0v) is 13.2. The first-order chi connectivity index (χ1) is 9.88. The van der Waals surface area contributed by atoms with Crippen LogP contribution in [0.1, 0.15) is 30.6 Å². The normalized spacial score (nSPS) is 12.2. The summed E-state index contributed by atoms with van der Waals surface area (Å²) in [6.07, 6.45) is 1.02. The Hall–Kier alpha value is -1.66. The highest BCUT2D eigenvalue weighted by atomic mass is 35.5. The fourth-order valence-electron chi connectivity index (χ4n) is 1.86. The summed E-state index contributed by atoms with van der Waals surface area (Å²) in [6, 6.07) is 4.74. The van der Waals surface area contributed by atoms with Gasteiger partial charge in [-0.05, 0) is 32.5 Å². The number of halogens is 1. The molecule has 1 amide bonds. The highest BCUT2D eigenvalue weighted by molar-refractivity contribution is 6.33. The molecule has 1 N–H and O–H groups in total. The lowest BCUT2D eigenvalue weighted by atomic mass is 10.1. The van der Waals surface area contributed by atoms with Crippen molar-refractivity contribution in [2.24, 2.45) is 0 Å². The number of nitrogens with one attached hydrogen (secondary N) is 1. The number of likely N-dealkylation sites (N-methyl/N-ethyl adjacent to an activating group) is 1. The van der Waals surface area contributed by atoms with Gasteiger partial charge in [0.15, 0.2) is 0 Å². The summed E-state index contributed by atoms with van der Waals surface area (Å²) in [6.45, 7) is 5.29. The van der Waals surface area contributed by atoms with Gasteiger partial charge in [-0.15, -0.1) is 0 Å². The maximum absolute atomic E-state index is 12.1. The Kier molecular flexibility index (Phi) is 6.58. The van der Waals surface area contributed by atoms with Crippen molar-refractivity contribution in [2.75, 3.05) is 20.1 Å². The van der Waals surface area contributed by atoms with E-state index in [1.807, 2.05) is 7.05 Å². The van der Waals surface area contributed by atoms with Crippen molar-refractivity contribution < 1.29 is 9.72 Å². The molecular weight excluding hydrogens is 294 g/mol. The molecule has 6 nitrogen and oxygen atoms in total. The van der Waals surface area contributed by atoms with Gasteiger partial charge >= 0.3 is 5.69 Å². The molecule has 0 saturated heterocycles. The summed E-state index contributed by atoms with van der Waals surface area (Å²) in [5.41, 5.74) is -0.370. The molecule has 1 atom stereocenters. The van der Waals surface area contributed by atoms with Crippen LogP contribution in [0.2, 0.25) is 5.02 Å². The Morgan fingerprint density at radius 1 is 1.52 bits per heavy atom. The van der Waals surface area contributed by atoms with E-state index < -0.39 is 10.8 Å². The Morgan fingerprint density at radius 2 is 2.19 bits per heavy atom. The number of hydrogen-bond donors (Lipinski definition) is 1. The Bertz CT molecular complexity index is 522. The van der Waals surface area contributed by atoms with Crippen LogP contribution in [0.4, 0.5) is 5.69 Å². The summed E-state index contributed by atoms with van der Waals surface area (Å²) in [7, 11) is 1.97. The maximum Gasteiger partial charge on any atom is 0.300 e. The monoisotopic (exact) mass is 313 g/mol. The topological polar surface area (TPSA) is 75.5 Å². The van der Waals surface area contributed by atoms with E-state index in [0.717, 1.165) is 6.42 Å². The molecule has 1 aromatic carbocycles. The predicted octanol–water partition coefficient (Wildman–Crippen LogP) is 2.71. The largest absolute Gasteiger partial charge is 0.351 e. The first kappa shape index (κ1) is 17.4. The maximum atomic E-state index is 12.1. The molecule has 1 unspecified atom stereocenters. The van der Waals surface area contributed by atoms with E-state index in [2.05, 4.69) is 24.1 Å². The van der Waals surface area contributed by atoms with E-state index in [9.17, 15) is 14.9 Å². The second-order valence-electron chi connectivity index (χ2n) is 4.89. The molecule has 116 valence electrons. The zero-order chi connectivity index (χ0) is 16.0. The quantitative estimate of drug-likeness (QED) is 0.620. The first-order valence-corrected chi connectivity index (χ1v) is 7.17. The number of nitro groups is 1.